The minimum Gasteiger partial charge on any atom is -0.465 e. The summed E-state index contributed by atoms with van der Waals surface area (Å²) in [6.07, 6.45) is 80.1. The van der Waals surface area contributed by atoms with Gasteiger partial charge in [0.1, 0.15) is 13.2 Å². The molecule has 0 bridgehead atoms. The second-order valence-electron chi connectivity index (χ2n) is 23.5. The van der Waals surface area contributed by atoms with E-state index in [4.69, 9.17) is 9.47 Å². The zero-order valence-corrected chi connectivity index (χ0v) is 48.5. The molecule has 1 unspecified atom stereocenters. The zero-order chi connectivity index (χ0) is 51.8. The molecule has 6 heteroatoms. The molecule has 6 nitrogen and oxygen atoms in total. The SMILES string of the molecule is CCCCCCCCCCCCC/C=C/CCCCCCCCCCCCCCCCCCCCCCCCCCCCCCCCCCCCCCCCCCC1CC(=O)OCC(CO)(CO)COC1=O. The first-order chi connectivity index (χ1) is 35.6. The summed E-state index contributed by atoms with van der Waals surface area (Å²) in [6, 6.07) is 0. The summed E-state index contributed by atoms with van der Waals surface area (Å²) in [6.45, 7) is 1.21. The summed E-state index contributed by atoms with van der Waals surface area (Å²) in [5.41, 5.74) is -1.12. The first kappa shape index (κ1) is 68.6. The third-order valence-corrected chi connectivity index (χ3v) is 16.3. The Balaban J connectivity index is 1.67. The van der Waals surface area contributed by atoms with E-state index in [1.807, 2.05) is 0 Å². The maximum atomic E-state index is 12.5. The van der Waals surface area contributed by atoms with Crippen molar-refractivity contribution in [3.05, 3.63) is 12.2 Å². The Labute approximate surface area is 449 Å². The fourth-order valence-corrected chi connectivity index (χ4v) is 10.9. The molecule has 0 amide bonds. The van der Waals surface area contributed by atoms with Gasteiger partial charge in [-0.1, -0.05) is 334 Å². The Morgan fingerprint density at radius 1 is 0.361 bits per heavy atom. The number of cyclic esters (lactones) is 2. The minimum atomic E-state index is -1.12. The third kappa shape index (κ3) is 47.1. The van der Waals surface area contributed by atoms with Crippen molar-refractivity contribution in [1.29, 1.82) is 0 Å². The molecular formula is C66H126O6. The number of carbonyl (C=O) groups is 2. The number of aliphatic hydroxyl groups excluding tert-OH is 2. The van der Waals surface area contributed by atoms with E-state index >= 15 is 0 Å². The van der Waals surface area contributed by atoms with E-state index in [-0.39, 0.29) is 19.6 Å². The summed E-state index contributed by atoms with van der Waals surface area (Å²) in [5.74, 6) is -1.40. The van der Waals surface area contributed by atoms with Crippen molar-refractivity contribution < 1.29 is 29.3 Å². The largest absolute Gasteiger partial charge is 0.465 e. The fraction of sp³-hybridized carbons (Fsp3) is 0.939. The third-order valence-electron chi connectivity index (χ3n) is 16.3. The van der Waals surface area contributed by atoms with Gasteiger partial charge in [0.25, 0.3) is 0 Å². The Kier molecular flexibility index (Phi) is 53.2. The van der Waals surface area contributed by atoms with Crippen molar-refractivity contribution in [2.75, 3.05) is 26.4 Å². The first-order valence-electron chi connectivity index (χ1n) is 32.8. The van der Waals surface area contributed by atoms with Gasteiger partial charge >= 0.3 is 11.9 Å². The van der Waals surface area contributed by atoms with Crippen LogP contribution in [0.3, 0.4) is 0 Å². The molecule has 1 saturated heterocycles. The number of ether oxygens (including phenoxy) is 2. The molecule has 2 N–H and O–H groups in total. The van der Waals surface area contributed by atoms with Crippen LogP contribution in [0, 0.1) is 11.3 Å². The summed E-state index contributed by atoms with van der Waals surface area (Å²) < 4.78 is 10.6. The van der Waals surface area contributed by atoms with E-state index in [1.54, 1.807) is 0 Å². The standard InChI is InChI=1S/C66H126O6/c1-2-3-4-5-6-7-8-9-10-11-12-13-14-15-16-17-18-19-20-21-22-23-24-25-26-27-28-29-30-31-32-33-34-35-36-37-38-39-40-41-42-43-44-45-46-47-48-49-50-51-52-53-54-55-56-57-63-58-64(69)71-61-66(59-67,60-68)62-72-65(63)70/h14-15,63,67-68H,2-13,16-62H2,1H3/b15-14+. The van der Waals surface area contributed by atoms with Gasteiger partial charge in [-0.05, 0) is 32.1 Å². The van der Waals surface area contributed by atoms with Gasteiger partial charge in [0.05, 0.1) is 31.0 Å². The summed E-state index contributed by atoms with van der Waals surface area (Å²) >= 11 is 0. The maximum Gasteiger partial charge on any atom is 0.309 e. The molecule has 0 aromatic rings. The molecule has 1 heterocycles. The highest BCUT2D eigenvalue weighted by molar-refractivity contribution is 5.80. The van der Waals surface area contributed by atoms with Crippen molar-refractivity contribution in [1.82, 2.24) is 0 Å². The molecule has 0 aromatic heterocycles. The number of rotatable bonds is 57. The van der Waals surface area contributed by atoms with Crippen molar-refractivity contribution in [3.63, 3.8) is 0 Å². The average Bonchev–Trinajstić information content (AvgIpc) is 3.45. The van der Waals surface area contributed by atoms with Crippen LogP contribution >= 0.6 is 0 Å². The van der Waals surface area contributed by atoms with E-state index in [0.717, 1.165) is 19.3 Å². The van der Waals surface area contributed by atoms with Gasteiger partial charge < -0.3 is 19.7 Å². The Hall–Kier alpha value is -1.40. The number of hydrogen-bond acceptors (Lipinski definition) is 6. The van der Waals surface area contributed by atoms with Crippen LogP contribution in [0.4, 0.5) is 0 Å². The lowest BCUT2D eigenvalue weighted by Crippen LogP contribution is -2.40. The summed E-state index contributed by atoms with van der Waals surface area (Å²) in [4.78, 5) is 24.7. The van der Waals surface area contributed by atoms with Crippen LogP contribution in [0.5, 0.6) is 0 Å². The van der Waals surface area contributed by atoms with Crippen LogP contribution in [0.1, 0.15) is 360 Å². The Morgan fingerprint density at radius 2 is 0.597 bits per heavy atom. The highest BCUT2D eigenvalue weighted by Crippen LogP contribution is 2.25. The average molecular weight is 1020 g/mol. The van der Waals surface area contributed by atoms with Crippen LogP contribution in [0.2, 0.25) is 0 Å². The van der Waals surface area contributed by atoms with E-state index in [0.29, 0.717) is 6.42 Å². The highest BCUT2D eigenvalue weighted by atomic mass is 16.6. The van der Waals surface area contributed by atoms with E-state index < -0.39 is 36.5 Å². The number of hydrogen-bond donors (Lipinski definition) is 2. The summed E-state index contributed by atoms with van der Waals surface area (Å²) in [5, 5.41) is 19.2. The summed E-state index contributed by atoms with van der Waals surface area (Å²) in [7, 11) is 0. The lowest BCUT2D eigenvalue weighted by molar-refractivity contribution is -0.155. The van der Waals surface area contributed by atoms with Gasteiger partial charge in [-0.3, -0.25) is 9.59 Å². The van der Waals surface area contributed by atoms with E-state index in [2.05, 4.69) is 19.1 Å². The zero-order valence-electron chi connectivity index (χ0n) is 48.5. The smallest absolute Gasteiger partial charge is 0.309 e. The molecule has 1 aliphatic rings. The maximum absolute atomic E-state index is 12.5. The molecule has 0 radical (unpaired) electrons. The second kappa shape index (κ2) is 55.8. The number of allylic oxidation sites excluding steroid dienone is 2. The molecule has 0 aromatic carbocycles. The Bertz CT molecular complexity index is 1130. The monoisotopic (exact) mass is 1010 g/mol. The van der Waals surface area contributed by atoms with Gasteiger partial charge in [-0.25, -0.2) is 0 Å². The molecule has 1 fully saturated rings. The molecule has 0 aliphatic carbocycles. The molecule has 1 rings (SSSR count). The minimum absolute atomic E-state index is 0.00510. The number of carbonyl (C=O) groups excluding carboxylic acids is 2. The van der Waals surface area contributed by atoms with Gasteiger partial charge in [0.2, 0.25) is 0 Å². The van der Waals surface area contributed by atoms with Crippen LogP contribution in [-0.2, 0) is 19.1 Å². The number of esters is 2. The number of unbranched alkanes of at least 4 members (excludes halogenated alkanes) is 51. The van der Waals surface area contributed by atoms with Crippen molar-refractivity contribution in [2.45, 2.75) is 360 Å². The predicted molar refractivity (Wildman–Crippen MR) is 311 cm³/mol. The van der Waals surface area contributed by atoms with Gasteiger partial charge in [0, 0.05) is 0 Å². The van der Waals surface area contributed by atoms with E-state index in [9.17, 15) is 19.8 Å². The van der Waals surface area contributed by atoms with Gasteiger partial charge in [-0.2, -0.15) is 0 Å². The normalized spacial score (nSPS) is 15.2. The molecule has 0 spiro atoms. The lowest BCUT2D eigenvalue weighted by Gasteiger charge is -2.27. The number of aliphatic hydroxyl groups is 2. The molecule has 72 heavy (non-hydrogen) atoms. The van der Waals surface area contributed by atoms with Crippen molar-refractivity contribution in [2.24, 2.45) is 11.3 Å². The molecular weight excluding hydrogens is 889 g/mol. The van der Waals surface area contributed by atoms with E-state index in [1.165, 1.54) is 321 Å². The lowest BCUT2D eigenvalue weighted by atomic mass is 9.92. The molecule has 1 atom stereocenters. The van der Waals surface area contributed by atoms with Crippen LogP contribution in [0.15, 0.2) is 12.2 Å². The highest BCUT2D eigenvalue weighted by Gasteiger charge is 2.36. The van der Waals surface area contributed by atoms with Crippen LogP contribution < -0.4 is 0 Å². The van der Waals surface area contributed by atoms with Gasteiger partial charge in [-0.15, -0.1) is 0 Å². The van der Waals surface area contributed by atoms with Crippen molar-refractivity contribution in [3.8, 4) is 0 Å². The molecule has 1 aliphatic heterocycles. The van der Waals surface area contributed by atoms with Crippen LogP contribution in [0.25, 0.3) is 0 Å². The van der Waals surface area contributed by atoms with Gasteiger partial charge in [0.15, 0.2) is 0 Å². The molecule has 0 saturated carbocycles. The quantitative estimate of drug-likeness (QED) is 0.0358. The second-order valence-corrected chi connectivity index (χ2v) is 23.5. The van der Waals surface area contributed by atoms with Crippen molar-refractivity contribution >= 4 is 11.9 Å². The first-order valence-corrected chi connectivity index (χ1v) is 32.8. The fourth-order valence-electron chi connectivity index (χ4n) is 10.9. The molecule has 426 valence electrons. The predicted octanol–water partition coefficient (Wildman–Crippen LogP) is 20.7. The topological polar surface area (TPSA) is 93.1 Å². The Morgan fingerprint density at radius 3 is 0.861 bits per heavy atom. The van der Waals surface area contributed by atoms with Crippen LogP contribution in [-0.4, -0.2) is 48.6 Å².